The SMILES string of the molecule is CC1(C)C(CNCCCC2CCCO2)C1(C)C. The van der Waals surface area contributed by atoms with Gasteiger partial charge in [0.2, 0.25) is 0 Å². The fourth-order valence-corrected chi connectivity index (χ4v) is 3.42. The molecule has 17 heavy (non-hydrogen) atoms. The van der Waals surface area contributed by atoms with E-state index in [1.807, 2.05) is 0 Å². The van der Waals surface area contributed by atoms with Gasteiger partial charge in [-0.05, 0) is 55.5 Å². The second kappa shape index (κ2) is 4.89. The zero-order valence-electron chi connectivity index (χ0n) is 12.0. The molecule has 1 heterocycles. The van der Waals surface area contributed by atoms with E-state index in [0.29, 0.717) is 16.9 Å². The molecule has 0 bridgehead atoms. The van der Waals surface area contributed by atoms with Gasteiger partial charge < -0.3 is 10.1 Å². The Hall–Kier alpha value is -0.0800. The summed E-state index contributed by atoms with van der Waals surface area (Å²) in [7, 11) is 0. The lowest BCUT2D eigenvalue weighted by atomic mass is 10.0. The first-order chi connectivity index (χ1) is 7.96. The van der Waals surface area contributed by atoms with E-state index in [-0.39, 0.29) is 0 Å². The Kier molecular flexibility index (Phi) is 3.84. The summed E-state index contributed by atoms with van der Waals surface area (Å²) in [6.07, 6.45) is 5.61. The van der Waals surface area contributed by atoms with Crippen molar-refractivity contribution in [3.8, 4) is 0 Å². The molecular weight excluding hydrogens is 210 g/mol. The van der Waals surface area contributed by atoms with Crippen LogP contribution in [0.25, 0.3) is 0 Å². The average molecular weight is 239 g/mol. The van der Waals surface area contributed by atoms with Crippen molar-refractivity contribution in [2.24, 2.45) is 16.7 Å². The Balaban J connectivity index is 1.52. The molecule has 2 heteroatoms. The van der Waals surface area contributed by atoms with Gasteiger partial charge in [-0.2, -0.15) is 0 Å². The summed E-state index contributed by atoms with van der Waals surface area (Å²) in [5.41, 5.74) is 1.04. The highest BCUT2D eigenvalue weighted by Crippen LogP contribution is 2.67. The summed E-state index contributed by atoms with van der Waals surface area (Å²) < 4.78 is 5.63. The first-order valence-electron chi connectivity index (χ1n) is 7.28. The van der Waals surface area contributed by atoms with Crippen LogP contribution in [0.2, 0.25) is 0 Å². The third kappa shape index (κ3) is 2.68. The number of ether oxygens (including phenoxy) is 1. The summed E-state index contributed by atoms with van der Waals surface area (Å²) >= 11 is 0. The lowest BCUT2D eigenvalue weighted by Gasteiger charge is -2.10. The normalized spacial score (nSPS) is 30.7. The third-order valence-electron chi connectivity index (χ3n) is 5.57. The second-order valence-electron chi connectivity index (χ2n) is 6.98. The highest BCUT2D eigenvalue weighted by molar-refractivity contribution is 5.12. The van der Waals surface area contributed by atoms with Gasteiger partial charge in [0.05, 0.1) is 6.10 Å². The van der Waals surface area contributed by atoms with Crippen molar-refractivity contribution in [3.05, 3.63) is 0 Å². The number of hydrogen-bond acceptors (Lipinski definition) is 2. The van der Waals surface area contributed by atoms with Crippen LogP contribution in [0.3, 0.4) is 0 Å². The molecule has 1 aliphatic carbocycles. The summed E-state index contributed by atoms with van der Waals surface area (Å²) in [4.78, 5) is 0. The maximum atomic E-state index is 5.63. The molecule has 2 nitrogen and oxygen atoms in total. The number of nitrogens with one attached hydrogen (secondary N) is 1. The summed E-state index contributed by atoms with van der Waals surface area (Å²) in [6, 6.07) is 0. The van der Waals surface area contributed by atoms with Gasteiger partial charge in [-0.1, -0.05) is 27.7 Å². The molecule has 2 aliphatic rings. The van der Waals surface area contributed by atoms with Gasteiger partial charge in [-0.15, -0.1) is 0 Å². The van der Waals surface area contributed by atoms with E-state index in [9.17, 15) is 0 Å². The Morgan fingerprint density at radius 1 is 1.18 bits per heavy atom. The van der Waals surface area contributed by atoms with Gasteiger partial charge in [0, 0.05) is 6.61 Å². The maximum Gasteiger partial charge on any atom is 0.0576 e. The van der Waals surface area contributed by atoms with Crippen LogP contribution in [0, 0.1) is 16.7 Å². The average Bonchev–Trinajstić information content (AvgIpc) is 2.65. The predicted octanol–water partition coefficient (Wildman–Crippen LogP) is 3.22. The number of rotatable bonds is 6. The Bertz CT molecular complexity index is 240. The van der Waals surface area contributed by atoms with Crippen LogP contribution in [0.4, 0.5) is 0 Å². The predicted molar refractivity (Wildman–Crippen MR) is 72.1 cm³/mol. The molecule has 0 aromatic heterocycles. The molecule has 1 atom stereocenters. The zero-order valence-corrected chi connectivity index (χ0v) is 12.0. The highest BCUT2D eigenvalue weighted by atomic mass is 16.5. The Morgan fingerprint density at radius 2 is 1.88 bits per heavy atom. The smallest absolute Gasteiger partial charge is 0.0576 e. The first kappa shape index (κ1) is 13.4. The van der Waals surface area contributed by atoms with Crippen molar-refractivity contribution in [1.29, 1.82) is 0 Å². The summed E-state index contributed by atoms with van der Waals surface area (Å²) in [5.74, 6) is 0.845. The second-order valence-corrected chi connectivity index (χ2v) is 6.98. The van der Waals surface area contributed by atoms with Gasteiger partial charge in [-0.3, -0.25) is 0 Å². The van der Waals surface area contributed by atoms with Crippen molar-refractivity contribution in [2.45, 2.75) is 59.5 Å². The van der Waals surface area contributed by atoms with Crippen LogP contribution in [0.15, 0.2) is 0 Å². The molecule has 0 aromatic rings. The van der Waals surface area contributed by atoms with E-state index >= 15 is 0 Å². The van der Waals surface area contributed by atoms with Crippen LogP contribution < -0.4 is 5.32 Å². The standard InChI is InChI=1S/C15H29NO/c1-14(2)13(15(14,3)4)11-16-9-5-7-12-8-6-10-17-12/h12-13,16H,5-11H2,1-4H3. The monoisotopic (exact) mass is 239 g/mol. The van der Waals surface area contributed by atoms with Gasteiger partial charge in [0.15, 0.2) is 0 Å². The molecule has 1 aliphatic heterocycles. The molecule has 0 amide bonds. The molecule has 2 rings (SSSR count). The van der Waals surface area contributed by atoms with E-state index in [1.165, 1.54) is 32.2 Å². The number of hydrogen-bond donors (Lipinski definition) is 1. The molecule has 1 unspecified atom stereocenters. The van der Waals surface area contributed by atoms with Crippen LogP contribution in [-0.4, -0.2) is 25.8 Å². The summed E-state index contributed by atoms with van der Waals surface area (Å²) in [5, 5.41) is 3.63. The third-order valence-corrected chi connectivity index (χ3v) is 5.57. The largest absolute Gasteiger partial charge is 0.378 e. The van der Waals surface area contributed by atoms with Crippen molar-refractivity contribution >= 4 is 0 Å². The van der Waals surface area contributed by atoms with Gasteiger partial charge in [0.25, 0.3) is 0 Å². The minimum Gasteiger partial charge on any atom is -0.378 e. The van der Waals surface area contributed by atoms with Crippen LogP contribution >= 0.6 is 0 Å². The lowest BCUT2D eigenvalue weighted by Crippen LogP contribution is -2.21. The van der Waals surface area contributed by atoms with Crippen molar-refractivity contribution in [1.82, 2.24) is 5.32 Å². The van der Waals surface area contributed by atoms with Crippen molar-refractivity contribution < 1.29 is 4.74 Å². The van der Waals surface area contributed by atoms with E-state index in [1.54, 1.807) is 0 Å². The van der Waals surface area contributed by atoms with E-state index in [2.05, 4.69) is 33.0 Å². The molecule has 0 radical (unpaired) electrons. The van der Waals surface area contributed by atoms with Crippen LogP contribution in [-0.2, 0) is 4.74 Å². The van der Waals surface area contributed by atoms with E-state index < -0.39 is 0 Å². The van der Waals surface area contributed by atoms with Crippen molar-refractivity contribution in [2.75, 3.05) is 19.7 Å². The molecule has 1 N–H and O–H groups in total. The van der Waals surface area contributed by atoms with Crippen LogP contribution in [0.5, 0.6) is 0 Å². The fourth-order valence-electron chi connectivity index (χ4n) is 3.42. The molecule has 0 aromatic carbocycles. The minimum atomic E-state index is 0.522. The molecule has 1 saturated heterocycles. The molecule has 0 spiro atoms. The minimum absolute atomic E-state index is 0.522. The van der Waals surface area contributed by atoms with E-state index in [4.69, 9.17) is 4.74 Å². The van der Waals surface area contributed by atoms with Gasteiger partial charge in [0.1, 0.15) is 0 Å². The Morgan fingerprint density at radius 3 is 2.41 bits per heavy atom. The molecule has 2 fully saturated rings. The maximum absolute atomic E-state index is 5.63. The topological polar surface area (TPSA) is 21.3 Å². The molecule has 100 valence electrons. The van der Waals surface area contributed by atoms with Crippen molar-refractivity contribution in [3.63, 3.8) is 0 Å². The Labute approximate surface area is 107 Å². The zero-order chi connectivity index (χ0) is 12.5. The quantitative estimate of drug-likeness (QED) is 0.719. The van der Waals surface area contributed by atoms with Gasteiger partial charge >= 0.3 is 0 Å². The first-order valence-corrected chi connectivity index (χ1v) is 7.28. The molecule has 1 saturated carbocycles. The van der Waals surface area contributed by atoms with E-state index in [0.717, 1.165) is 19.1 Å². The highest BCUT2D eigenvalue weighted by Gasteiger charge is 2.63. The fraction of sp³-hybridized carbons (Fsp3) is 1.00. The van der Waals surface area contributed by atoms with Crippen LogP contribution in [0.1, 0.15) is 53.4 Å². The summed E-state index contributed by atoms with van der Waals surface area (Å²) in [6.45, 7) is 12.9. The lowest BCUT2D eigenvalue weighted by molar-refractivity contribution is 0.102. The van der Waals surface area contributed by atoms with Gasteiger partial charge in [-0.25, -0.2) is 0 Å². The molecular formula is C15H29NO.